The molecule has 1 aromatic carbocycles. The number of carbonyl (C=O) groups is 1. The Kier molecular flexibility index (Phi) is 3.82. The van der Waals surface area contributed by atoms with Crippen molar-refractivity contribution in [3.8, 4) is 11.5 Å². The van der Waals surface area contributed by atoms with E-state index in [2.05, 4.69) is 9.85 Å². The van der Waals surface area contributed by atoms with Crippen LogP contribution in [0.3, 0.4) is 0 Å². The van der Waals surface area contributed by atoms with Crippen LogP contribution >= 0.6 is 0 Å². The van der Waals surface area contributed by atoms with Crippen LogP contribution in [0.2, 0.25) is 0 Å². The summed E-state index contributed by atoms with van der Waals surface area (Å²) in [6.07, 6.45) is 0. The molecule has 1 radical (unpaired) electrons. The highest BCUT2D eigenvalue weighted by Crippen LogP contribution is 2.34. The molecule has 0 aliphatic carbocycles. The number of esters is 1. The minimum absolute atomic E-state index is 0.0597. The summed E-state index contributed by atoms with van der Waals surface area (Å²) >= 11 is 0. The SMILES string of the molecule is COC(=O)c1cc(OC)c(OC)cc1N=[N]. The zero-order chi connectivity index (χ0) is 12.1. The van der Waals surface area contributed by atoms with Gasteiger partial charge >= 0.3 is 5.97 Å². The number of carbonyl (C=O) groups excluding carboxylic acids is 1. The van der Waals surface area contributed by atoms with E-state index in [1.807, 2.05) is 0 Å². The average Bonchev–Trinajstić information content (AvgIpc) is 2.35. The molecule has 0 heterocycles. The molecule has 1 rings (SSSR count). The van der Waals surface area contributed by atoms with E-state index in [0.29, 0.717) is 11.5 Å². The summed E-state index contributed by atoms with van der Waals surface area (Å²) in [5.74, 6) is 0.104. The van der Waals surface area contributed by atoms with Crippen molar-refractivity contribution in [1.29, 1.82) is 0 Å². The molecule has 85 valence electrons. The number of nitrogens with zero attached hydrogens (tertiary/aromatic N) is 2. The van der Waals surface area contributed by atoms with E-state index in [1.165, 1.54) is 33.5 Å². The lowest BCUT2D eigenvalue weighted by atomic mass is 10.1. The number of ether oxygens (including phenoxy) is 3. The average molecular weight is 223 g/mol. The van der Waals surface area contributed by atoms with Crippen molar-refractivity contribution >= 4 is 11.7 Å². The lowest BCUT2D eigenvalue weighted by Crippen LogP contribution is -2.03. The summed E-state index contributed by atoms with van der Waals surface area (Å²) in [5, 5.41) is 2.99. The molecule has 0 bridgehead atoms. The third kappa shape index (κ3) is 2.10. The van der Waals surface area contributed by atoms with Gasteiger partial charge in [-0.15, -0.1) is 5.11 Å². The summed E-state index contributed by atoms with van der Waals surface area (Å²) in [6, 6.07) is 2.77. The van der Waals surface area contributed by atoms with Crippen molar-refractivity contribution in [1.82, 2.24) is 5.53 Å². The molecule has 0 aliphatic rings. The Morgan fingerprint density at radius 2 is 1.75 bits per heavy atom. The van der Waals surface area contributed by atoms with Gasteiger partial charge in [-0.3, -0.25) is 0 Å². The van der Waals surface area contributed by atoms with Crippen molar-refractivity contribution in [3.05, 3.63) is 17.7 Å². The van der Waals surface area contributed by atoms with Crippen LogP contribution in [0.5, 0.6) is 11.5 Å². The van der Waals surface area contributed by atoms with Crippen LogP contribution < -0.4 is 15.0 Å². The van der Waals surface area contributed by atoms with E-state index >= 15 is 0 Å². The predicted octanol–water partition coefficient (Wildman–Crippen LogP) is 1.37. The molecule has 0 amide bonds. The molecular weight excluding hydrogens is 212 g/mol. The molecule has 6 nitrogen and oxygen atoms in total. The van der Waals surface area contributed by atoms with Gasteiger partial charge in [0, 0.05) is 12.1 Å². The Bertz CT molecular complexity index is 418. The highest BCUT2D eigenvalue weighted by atomic mass is 16.5. The third-order valence-electron chi connectivity index (χ3n) is 2.01. The Hall–Kier alpha value is -2.11. The van der Waals surface area contributed by atoms with E-state index < -0.39 is 5.97 Å². The smallest absolute Gasteiger partial charge is 0.340 e. The standard InChI is InChI=1S/C10H11N2O4/c1-14-8-4-6(10(13)16-3)7(12-11)5-9(8)15-2/h4-5H,1-3H3. The Morgan fingerprint density at radius 1 is 1.19 bits per heavy atom. The van der Waals surface area contributed by atoms with Crippen molar-refractivity contribution in [2.75, 3.05) is 21.3 Å². The van der Waals surface area contributed by atoms with E-state index in [1.54, 1.807) is 0 Å². The normalized spacial score (nSPS) is 9.44. The molecule has 0 spiro atoms. The number of hydrogen-bond donors (Lipinski definition) is 0. The van der Waals surface area contributed by atoms with Gasteiger partial charge in [0.05, 0.1) is 26.9 Å². The predicted molar refractivity (Wildman–Crippen MR) is 55.1 cm³/mol. The molecule has 0 saturated carbocycles. The number of rotatable bonds is 4. The number of hydrogen-bond acceptors (Lipinski definition) is 5. The fourth-order valence-corrected chi connectivity index (χ4v) is 1.22. The van der Waals surface area contributed by atoms with E-state index in [4.69, 9.17) is 15.0 Å². The number of methoxy groups -OCH3 is 3. The second-order valence-corrected chi connectivity index (χ2v) is 2.82. The molecule has 0 atom stereocenters. The summed E-state index contributed by atoms with van der Waals surface area (Å²) in [5.41, 5.74) is 8.93. The fourth-order valence-electron chi connectivity index (χ4n) is 1.22. The first kappa shape index (κ1) is 12.0. The monoisotopic (exact) mass is 223 g/mol. The molecule has 0 aliphatic heterocycles. The molecule has 0 aromatic heterocycles. The molecule has 1 aromatic rings. The molecule has 0 saturated heterocycles. The largest absolute Gasteiger partial charge is 0.493 e. The molecule has 0 N–H and O–H groups in total. The maximum Gasteiger partial charge on any atom is 0.340 e. The van der Waals surface area contributed by atoms with Crippen molar-refractivity contribution < 1.29 is 19.0 Å². The van der Waals surface area contributed by atoms with Crippen molar-refractivity contribution in [2.24, 2.45) is 5.11 Å². The van der Waals surface area contributed by atoms with Crippen LogP contribution in [0.4, 0.5) is 5.69 Å². The van der Waals surface area contributed by atoms with Gasteiger partial charge in [-0.05, 0) is 5.53 Å². The quantitative estimate of drug-likeness (QED) is 0.570. The topological polar surface area (TPSA) is 79.4 Å². The molecule has 0 fully saturated rings. The Morgan fingerprint density at radius 3 is 2.19 bits per heavy atom. The molecular formula is C10H11N2O4. The Labute approximate surface area is 92.6 Å². The van der Waals surface area contributed by atoms with Gasteiger partial charge in [-0.1, -0.05) is 0 Å². The maximum absolute atomic E-state index is 11.4. The van der Waals surface area contributed by atoms with E-state index in [-0.39, 0.29) is 11.3 Å². The van der Waals surface area contributed by atoms with Gasteiger partial charge in [-0.25, -0.2) is 4.79 Å². The lowest BCUT2D eigenvalue weighted by molar-refractivity contribution is 0.0601. The molecule has 16 heavy (non-hydrogen) atoms. The number of benzene rings is 1. The van der Waals surface area contributed by atoms with Gasteiger partial charge in [-0.2, -0.15) is 0 Å². The summed E-state index contributed by atoms with van der Waals surface area (Å²) in [4.78, 5) is 11.4. The van der Waals surface area contributed by atoms with Crippen LogP contribution in [0.25, 0.3) is 0 Å². The van der Waals surface area contributed by atoms with Gasteiger partial charge in [0.2, 0.25) is 0 Å². The van der Waals surface area contributed by atoms with Crippen LogP contribution in [-0.2, 0) is 4.74 Å². The lowest BCUT2D eigenvalue weighted by Gasteiger charge is -2.10. The first-order chi connectivity index (χ1) is 7.67. The molecule has 6 heteroatoms. The van der Waals surface area contributed by atoms with Gasteiger partial charge in [0.15, 0.2) is 11.5 Å². The first-order valence-corrected chi connectivity index (χ1v) is 4.37. The van der Waals surface area contributed by atoms with Crippen molar-refractivity contribution in [2.45, 2.75) is 0 Å². The summed E-state index contributed by atoms with van der Waals surface area (Å²) in [7, 11) is 4.12. The van der Waals surface area contributed by atoms with Crippen LogP contribution in [0.1, 0.15) is 10.4 Å². The molecule has 0 unspecified atom stereocenters. The van der Waals surface area contributed by atoms with Crippen LogP contribution in [0.15, 0.2) is 17.2 Å². The van der Waals surface area contributed by atoms with Gasteiger partial charge in [0.1, 0.15) is 5.69 Å². The van der Waals surface area contributed by atoms with Crippen molar-refractivity contribution in [3.63, 3.8) is 0 Å². The summed E-state index contributed by atoms with van der Waals surface area (Å²) < 4.78 is 14.6. The Balaban J connectivity index is 3.37. The highest BCUT2D eigenvalue weighted by molar-refractivity contribution is 5.95. The third-order valence-corrected chi connectivity index (χ3v) is 2.01. The van der Waals surface area contributed by atoms with E-state index in [9.17, 15) is 4.79 Å². The minimum atomic E-state index is -0.617. The van der Waals surface area contributed by atoms with Crippen LogP contribution in [0, 0.1) is 0 Å². The van der Waals surface area contributed by atoms with Crippen LogP contribution in [-0.4, -0.2) is 27.3 Å². The minimum Gasteiger partial charge on any atom is -0.493 e. The zero-order valence-electron chi connectivity index (χ0n) is 9.18. The zero-order valence-corrected chi connectivity index (χ0v) is 9.18. The summed E-state index contributed by atoms with van der Waals surface area (Å²) in [6.45, 7) is 0. The van der Waals surface area contributed by atoms with Gasteiger partial charge in [0.25, 0.3) is 0 Å². The maximum atomic E-state index is 11.4. The van der Waals surface area contributed by atoms with E-state index in [0.717, 1.165) is 0 Å². The second kappa shape index (κ2) is 5.11. The second-order valence-electron chi connectivity index (χ2n) is 2.82. The highest BCUT2D eigenvalue weighted by Gasteiger charge is 2.17. The fraction of sp³-hybridized carbons (Fsp3) is 0.300. The van der Waals surface area contributed by atoms with Gasteiger partial charge < -0.3 is 14.2 Å². The first-order valence-electron chi connectivity index (χ1n) is 4.37.